The molecule has 5 rings (SSSR count). The molecule has 0 saturated heterocycles. The summed E-state index contributed by atoms with van der Waals surface area (Å²) in [6.07, 6.45) is 0. The summed E-state index contributed by atoms with van der Waals surface area (Å²) in [5.41, 5.74) is 2.64. The van der Waals surface area contributed by atoms with Crippen molar-refractivity contribution in [2.45, 2.75) is 17.3 Å². The van der Waals surface area contributed by atoms with Gasteiger partial charge < -0.3 is 9.15 Å². The minimum Gasteiger partial charge on any atom is -0.497 e. The van der Waals surface area contributed by atoms with Crippen LogP contribution < -0.4 is 4.74 Å². The molecule has 0 aliphatic carbocycles. The van der Waals surface area contributed by atoms with Gasteiger partial charge >= 0.3 is 0 Å². The first kappa shape index (κ1) is 22.2. The number of thioether (sulfide) groups is 1. The Morgan fingerprint density at radius 3 is 2.41 bits per heavy atom. The van der Waals surface area contributed by atoms with Gasteiger partial charge in [0.05, 0.1) is 12.4 Å². The number of benzene rings is 3. The topological polar surface area (TPSA) is 78.9 Å². The SMILES string of the molecule is COc1cccc(-c2nnc(SC(C)c3nnc(-c4ccccc4)o3)n2-c2ccc(Cl)cc2)c1. The third-order valence-electron chi connectivity index (χ3n) is 5.14. The largest absolute Gasteiger partial charge is 0.497 e. The fourth-order valence-corrected chi connectivity index (χ4v) is 4.45. The molecule has 0 amide bonds. The van der Waals surface area contributed by atoms with Gasteiger partial charge in [-0.2, -0.15) is 0 Å². The second-order valence-corrected chi connectivity index (χ2v) is 9.17. The van der Waals surface area contributed by atoms with E-state index in [1.165, 1.54) is 11.8 Å². The summed E-state index contributed by atoms with van der Waals surface area (Å²) < 4.78 is 13.3. The number of nitrogens with zero attached hydrogens (tertiary/aromatic N) is 5. The minimum absolute atomic E-state index is 0.154. The molecule has 0 N–H and O–H groups in total. The molecular formula is C25H20ClN5O2S. The fourth-order valence-electron chi connectivity index (χ4n) is 3.42. The Kier molecular flexibility index (Phi) is 6.33. The van der Waals surface area contributed by atoms with Crippen molar-refractivity contribution >= 4 is 23.4 Å². The molecule has 7 nitrogen and oxygen atoms in total. The predicted octanol–water partition coefficient (Wildman–Crippen LogP) is 6.50. The van der Waals surface area contributed by atoms with E-state index in [1.807, 2.05) is 90.4 Å². The highest BCUT2D eigenvalue weighted by Gasteiger charge is 2.22. The van der Waals surface area contributed by atoms with Crippen LogP contribution in [0.5, 0.6) is 5.75 Å². The molecule has 0 bridgehead atoms. The molecule has 34 heavy (non-hydrogen) atoms. The molecule has 1 unspecified atom stereocenters. The van der Waals surface area contributed by atoms with Crippen LogP contribution in [0.1, 0.15) is 18.1 Å². The molecule has 3 aromatic carbocycles. The molecule has 0 aliphatic rings. The van der Waals surface area contributed by atoms with E-state index in [1.54, 1.807) is 7.11 Å². The quantitative estimate of drug-likeness (QED) is 0.241. The van der Waals surface area contributed by atoms with Crippen molar-refractivity contribution in [2.24, 2.45) is 0 Å². The van der Waals surface area contributed by atoms with E-state index in [0.29, 0.717) is 27.8 Å². The van der Waals surface area contributed by atoms with Crippen molar-refractivity contribution < 1.29 is 9.15 Å². The summed E-state index contributed by atoms with van der Waals surface area (Å²) in [4.78, 5) is 0. The number of halogens is 1. The number of hydrogen-bond donors (Lipinski definition) is 0. The van der Waals surface area contributed by atoms with Crippen LogP contribution in [0.3, 0.4) is 0 Å². The Labute approximate surface area is 205 Å². The second kappa shape index (κ2) is 9.70. The van der Waals surface area contributed by atoms with Crippen LogP contribution >= 0.6 is 23.4 Å². The standard InChI is InChI=1S/C25H20ClN5O2S/c1-16(23-28-29-24(33-23)17-7-4-3-5-8-17)34-25-30-27-22(18-9-6-10-21(15-18)32-2)31(25)20-13-11-19(26)12-14-20/h3-16H,1-2H3. The van der Waals surface area contributed by atoms with E-state index < -0.39 is 0 Å². The smallest absolute Gasteiger partial charge is 0.247 e. The predicted molar refractivity (Wildman–Crippen MR) is 132 cm³/mol. The van der Waals surface area contributed by atoms with Crippen molar-refractivity contribution in [1.82, 2.24) is 25.0 Å². The van der Waals surface area contributed by atoms with E-state index in [4.69, 9.17) is 20.8 Å². The first-order valence-electron chi connectivity index (χ1n) is 10.5. The van der Waals surface area contributed by atoms with Crippen LogP contribution in [0.2, 0.25) is 5.02 Å². The first-order valence-corrected chi connectivity index (χ1v) is 11.8. The van der Waals surface area contributed by atoms with Gasteiger partial charge in [0.25, 0.3) is 0 Å². The average Bonchev–Trinajstić information content (AvgIpc) is 3.53. The second-order valence-electron chi connectivity index (χ2n) is 7.42. The van der Waals surface area contributed by atoms with Crippen LogP contribution in [0, 0.1) is 0 Å². The Balaban J connectivity index is 1.51. The molecule has 0 radical (unpaired) electrons. The lowest BCUT2D eigenvalue weighted by Gasteiger charge is -2.12. The van der Waals surface area contributed by atoms with E-state index >= 15 is 0 Å². The van der Waals surface area contributed by atoms with Gasteiger partial charge in [0, 0.05) is 21.8 Å². The molecule has 0 fully saturated rings. The Bertz CT molecular complexity index is 1400. The minimum atomic E-state index is -0.154. The van der Waals surface area contributed by atoms with Gasteiger partial charge in [-0.05, 0) is 55.5 Å². The Hall–Kier alpha value is -3.62. The van der Waals surface area contributed by atoms with Gasteiger partial charge in [0.1, 0.15) is 5.75 Å². The highest BCUT2D eigenvalue weighted by molar-refractivity contribution is 7.99. The maximum atomic E-state index is 6.14. The number of methoxy groups -OCH3 is 1. The maximum Gasteiger partial charge on any atom is 0.247 e. The van der Waals surface area contributed by atoms with Crippen LogP contribution in [0.4, 0.5) is 0 Å². The molecule has 5 aromatic rings. The van der Waals surface area contributed by atoms with Crippen molar-refractivity contribution in [3.8, 4) is 34.3 Å². The summed E-state index contributed by atoms with van der Waals surface area (Å²) >= 11 is 7.62. The van der Waals surface area contributed by atoms with E-state index in [0.717, 1.165) is 22.6 Å². The Morgan fingerprint density at radius 1 is 0.882 bits per heavy atom. The summed E-state index contributed by atoms with van der Waals surface area (Å²) in [7, 11) is 1.64. The highest BCUT2D eigenvalue weighted by Crippen LogP contribution is 2.37. The van der Waals surface area contributed by atoms with Crippen LogP contribution in [0.25, 0.3) is 28.5 Å². The van der Waals surface area contributed by atoms with Crippen LogP contribution in [-0.2, 0) is 0 Å². The molecular weight excluding hydrogens is 470 g/mol. The molecule has 0 saturated carbocycles. The molecule has 2 heterocycles. The molecule has 0 aliphatic heterocycles. The zero-order valence-electron chi connectivity index (χ0n) is 18.4. The van der Waals surface area contributed by atoms with Crippen LogP contribution in [0.15, 0.2) is 88.4 Å². The van der Waals surface area contributed by atoms with Gasteiger partial charge in [0.15, 0.2) is 11.0 Å². The van der Waals surface area contributed by atoms with Gasteiger partial charge in [0.2, 0.25) is 11.8 Å². The van der Waals surface area contributed by atoms with E-state index in [-0.39, 0.29) is 5.25 Å². The number of aromatic nitrogens is 5. The highest BCUT2D eigenvalue weighted by atomic mass is 35.5. The Morgan fingerprint density at radius 2 is 1.65 bits per heavy atom. The summed E-state index contributed by atoms with van der Waals surface area (Å²) in [5.74, 6) is 2.42. The molecule has 0 spiro atoms. The maximum absolute atomic E-state index is 6.14. The van der Waals surface area contributed by atoms with Crippen LogP contribution in [-0.4, -0.2) is 32.1 Å². The normalized spacial score (nSPS) is 12.0. The van der Waals surface area contributed by atoms with E-state index in [9.17, 15) is 0 Å². The molecule has 170 valence electrons. The van der Waals surface area contributed by atoms with Gasteiger partial charge in [-0.25, -0.2) is 0 Å². The summed E-state index contributed by atoms with van der Waals surface area (Å²) in [6.45, 7) is 2.00. The fraction of sp³-hybridized carbons (Fsp3) is 0.120. The number of ether oxygens (including phenoxy) is 1. The summed E-state index contributed by atoms with van der Waals surface area (Å²) in [6, 6.07) is 25.0. The third kappa shape index (κ3) is 4.55. The summed E-state index contributed by atoms with van der Waals surface area (Å²) in [5, 5.41) is 18.6. The van der Waals surface area contributed by atoms with Crippen molar-refractivity contribution in [2.75, 3.05) is 7.11 Å². The number of rotatable bonds is 7. The lowest BCUT2D eigenvalue weighted by atomic mass is 10.2. The van der Waals surface area contributed by atoms with Crippen molar-refractivity contribution in [3.05, 3.63) is 89.8 Å². The van der Waals surface area contributed by atoms with Gasteiger partial charge in [-0.3, -0.25) is 4.57 Å². The zero-order chi connectivity index (χ0) is 23.5. The molecule has 9 heteroatoms. The van der Waals surface area contributed by atoms with E-state index in [2.05, 4.69) is 20.4 Å². The average molecular weight is 490 g/mol. The zero-order valence-corrected chi connectivity index (χ0v) is 20.0. The first-order chi connectivity index (χ1) is 16.6. The van der Waals surface area contributed by atoms with Gasteiger partial charge in [-0.15, -0.1) is 20.4 Å². The van der Waals surface area contributed by atoms with Crippen molar-refractivity contribution in [1.29, 1.82) is 0 Å². The number of hydrogen-bond acceptors (Lipinski definition) is 7. The monoisotopic (exact) mass is 489 g/mol. The lowest BCUT2D eigenvalue weighted by Crippen LogP contribution is -2.01. The lowest BCUT2D eigenvalue weighted by molar-refractivity contribution is 0.415. The van der Waals surface area contributed by atoms with Gasteiger partial charge in [-0.1, -0.05) is 53.7 Å². The third-order valence-corrected chi connectivity index (χ3v) is 6.42. The molecule has 1 atom stereocenters. The molecule has 2 aromatic heterocycles. The van der Waals surface area contributed by atoms with Crippen molar-refractivity contribution in [3.63, 3.8) is 0 Å².